The summed E-state index contributed by atoms with van der Waals surface area (Å²) in [5, 5.41) is 16.1. The summed E-state index contributed by atoms with van der Waals surface area (Å²) in [4.78, 5) is 17.8. The number of nitrogens with zero attached hydrogens (tertiary/aromatic N) is 4. The van der Waals surface area contributed by atoms with Crippen LogP contribution in [0.25, 0.3) is 67.0 Å². The Morgan fingerprint density at radius 1 is 0.451 bits per heavy atom. The van der Waals surface area contributed by atoms with E-state index in [-0.39, 0.29) is 58.5 Å². The van der Waals surface area contributed by atoms with E-state index < -0.39 is 0 Å². The average Bonchev–Trinajstić information content (AvgIpc) is 4.07. The smallest absolute Gasteiger partial charge is 0.137 e. The molecule has 8 nitrogen and oxygen atoms in total. The molecule has 2 radical (unpaired) electrons. The molecule has 0 fully saturated rings. The van der Waals surface area contributed by atoms with E-state index in [9.17, 15) is 0 Å². The van der Waals surface area contributed by atoms with Crippen molar-refractivity contribution < 1.29 is 59.3 Å². The molecule has 0 amide bonds. The number of rotatable bonds is 4. The minimum absolute atomic E-state index is 0. The Bertz CT molecular complexity index is 2820. The Kier molecular flexibility index (Phi) is 25.6. The van der Waals surface area contributed by atoms with E-state index in [1.165, 1.54) is 11.1 Å². The van der Waals surface area contributed by atoms with Gasteiger partial charge in [0.15, 0.2) is 0 Å². The molecule has 0 spiro atoms. The normalized spacial score (nSPS) is 10.2. The molecule has 0 aliphatic rings. The molecular weight excluding hydrogens is 1240 g/mol. The van der Waals surface area contributed by atoms with E-state index in [2.05, 4.69) is 122 Å². The number of aliphatic hydroxyl groups excluding tert-OH is 2. The van der Waals surface area contributed by atoms with Crippen LogP contribution in [0.4, 0.5) is 0 Å². The van der Waals surface area contributed by atoms with Gasteiger partial charge < -0.3 is 34.0 Å². The summed E-state index contributed by atoms with van der Waals surface area (Å²) in [7, 11) is 2.00. The van der Waals surface area contributed by atoms with Crippen LogP contribution in [0.15, 0.2) is 185 Å². The van der Waals surface area contributed by atoms with Gasteiger partial charge in [-0.25, -0.2) is 0 Å². The molecule has 10 heteroatoms. The van der Waals surface area contributed by atoms with Gasteiger partial charge in [-0.05, 0) is 83.7 Å². The molecule has 0 saturated heterocycles. The van der Waals surface area contributed by atoms with Crippen LogP contribution in [0, 0.1) is 32.0 Å². The standard InChI is InChI=1S/C17H17NO.C17H16NO.2C12H10N.2CH4O.CH4.2Ir/c2*1-17(2,3)13-6-4-12(5-7-13)16-14-9-11-19-15(14)8-10-18-16;2*1-10-6-5-9-12(13-10)11-7-3-2-4-8-11;2*1-2;;;/h4-11H,1-3H3;4,6-11H,1-3H3;2*2-7,9H,1H3;2*2H,1H3;1H4;;/q;3*-1;;;;;. The van der Waals surface area contributed by atoms with Gasteiger partial charge in [0, 0.05) is 94.5 Å². The number of aromatic nitrogens is 4. The van der Waals surface area contributed by atoms with Crippen molar-refractivity contribution in [3.05, 3.63) is 217 Å². The Morgan fingerprint density at radius 3 is 1.31 bits per heavy atom. The van der Waals surface area contributed by atoms with Gasteiger partial charge in [-0.2, -0.15) is 0 Å². The summed E-state index contributed by atoms with van der Waals surface area (Å²) in [6.07, 6.45) is 6.96. The number of aliphatic hydroxyl groups is 2. The first kappa shape index (κ1) is 60.9. The van der Waals surface area contributed by atoms with E-state index in [1.54, 1.807) is 24.9 Å². The van der Waals surface area contributed by atoms with Crippen molar-refractivity contribution in [1.29, 1.82) is 0 Å². The van der Waals surface area contributed by atoms with Gasteiger partial charge in [0.05, 0.1) is 18.2 Å². The van der Waals surface area contributed by atoms with Crippen LogP contribution >= 0.6 is 0 Å². The van der Waals surface area contributed by atoms with Crippen LogP contribution in [0.5, 0.6) is 0 Å². The summed E-state index contributed by atoms with van der Waals surface area (Å²) in [6, 6.07) is 60.0. The van der Waals surface area contributed by atoms with Gasteiger partial charge >= 0.3 is 0 Å². The summed E-state index contributed by atoms with van der Waals surface area (Å²) in [5.74, 6) is 0. The largest absolute Gasteiger partial charge is 0.465 e. The number of pyridine rings is 4. The van der Waals surface area contributed by atoms with Crippen molar-refractivity contribution in [1.82, 2.24) is 19.9 Å². The maximum atomic E-state index is 7.00. The molecular formula is C61H65Ir2N4O4-3. The van der Waals surface area contributed by atoms with Crippen molar-refractivity contribution in [2.45, 2.75) is 73.6 Å². The minimum Gasteiger partial charge on any atom is -0.465 e. The van der Waals surface area contributed by atoms with Crippen LogP contribution in [0.1, 0.15) is 71.5 Å². The minimum atomic E-state index is 0. The quantitative estimate of drug-likeness (QED) is 0.167. The van der Waals surface area contributed by atoms with Crippen LogP contribution in [-0.2, 0) is 51.0 Å². The fraction of sp³-hybridized carbons (Fsp3) is 0.213. The topological polar surface area (TPSA) is 118 Å². The monoisotopic (exact) mass is 1300 g/mol. The number of hydrogen-bond donors (Lipinski definition) is 2. The zero-order valence-electron chi connectivity index (χ0n) is 41.4. The molecule has 374 valence electrons. The third-order valence-corrected chi connectivity index (χ3v) is 10.5. The fourth-order valence-electron chi connectivity index (χ4n) is 6.89. The van der Waals surface area contributed by atoms with Crippen LogP contribution in [-0.4, -0.2) is 44.4 Å². The van der Waals surface area contributed by atoms with Crippen molar-refractivity contribution >= 4 is 21.9 Å². The average molecular weight is 1300 g/mol. The molecule has 2 N–H and O–H groups in total. The van der Waals surface area contributed by atoms with Gasteiger partial charge in [0.25, 0.3) is 0 Å². The zero-order valence-corrected chi connectivity index (χ0v) is 46.2. The Balaban J connectivity index is 0.000000317. The molecule has 0 aliphatic heterocycles. The number of hydrogen-bond acceptors (Lipinski definition) is 8. The van der Waals surface area contributed by atoms with E-state index in [0.717, 1.165) is 92.6 Å². The van der Waals surface area contributed by atoms with Gasteiger partial charge in [-0.15, -0.1) is 107 Å². The second-order valence-corrected chi connectivity index (χ2v) is 17.4. The van der Waals surface area contributed by atoms with Crippen LogP contribution in [0.3, 0.4) is 0 Å². The molecule has 0 unspecified atom stereocenters. The van der Waals surface area contributed by atoms with Gasteiger partial charge in [-0.1, -0.05) is 97.5 Å². The van der Waals surface area contributed by atoms with Crippen molar-refractivity contribution in [2.24, 2.45) is 0 Å². The maximum absolute atomic E-state index is 7.00. The molecule has 0 saturated carbocycles. The first-order valence-electron chi connectivity index (χ1n) is 22.3. The van der Waals surface area contributed by atoms with Crippen LogP contribution in [0.2, 0.25) is 0 Å². The number of benzene rings is 4. The third kappa shape index (κ3) is 17.5. The number of furan rings is 2. The molecule has 6 aromatic heterocycles. The SMILES string of the molecule is C.CC(C)(C)c1c[c-]c(-c2nccc3occc23)cc1.CC(C)(C)c1ccc(-c2nccc3occc23)cc1.CO.CO.Cc1cccc(-c2[c-]cccc2)n1.Cc1cccc(-c2[c-]cccc2)n1.[Ir].[Ir]. The fourth-order valence-corrected chi connectivity index (χ4v) is 6.89. The van der Waals surface area contributed by atoms with Crippen molar-refractivity contribution in [3.8, 4) is 45.0 Å². The molecule has 10 rings (SSSR count). The zero-order chi connectivity index (χ0) is 49.1. The Hall–Kier alpha value is -6.22. The second-order valence-electron chi connectivity index (χ2n) is 17.4. The summed E-state index contributed by atoms with van der Waals surface area (Å²) in [6.45, 7) is 17.2. The number of aryl methyl sites for hydroxylation is 2. The second kappa shape index (κ2) is 29.8. The van der Waals surface area contributed by atoms with Gasteiger partial charge in [-0.3, -0.25) is 4.98 Å². The number of fused-ring (bicyclic) bond motifs is 2. The summed E-state index contributed by atoms with van der Waals surface area (Å²) in [5.41, 5.74) is 14.8. The molecule has 0 aliphatic carbocycles. The third-order valence-electron chi connectivity index (χ3n) is 10.5. The summed E-state index contributed by atoms with van der Waals surface area (Å²) >= 11 is 0. The molecule has 0 bridgehead atoms. The summed E-state index contributed by atoms with van der Waals surface area (Å²) < 4.78 is 10.8. The first-order chi connectivity index (χ1) is 32.8. The van der Waals surface area contributed by atoms with Gasteiger partial charge in [0.1, 0.15) is 11.2 Å². The molecule has 71 heavy (non-hydrogen) atoms. The van der Waals surface area contributed by atoms with E-state index in [1.807, 2.05) is 123 Å². The van der Waals surface area contributed by atoms with Crippen molar-refractivity contribution in [2.75, 3.05) is 14.2 Å². The van der Waals surface area contributed by atoms with E-state index in [4.69, 9.17) is 19.0 Å². The Morgan fingerprint density at radius 2 is 0.901 bits per heavy atom. The van der Waals surface area contributed by atoms with Crippen molar-refractivity contribution in [3.63, 3.8) is 0 Å². The molecule has 10 aromatic rings. The predicted molar refractivity (Wildman–Crippen MR) is 285 cm³/mol. The molecule has 6 heterocycles. The molecule has 4 aromatic carbocycles. The van der Waals surface area contributed by atoms with Crippen LogP contribution < -0.4 is 0 Å². The Labute approximate surface area is 448 Å². The maximum Gasteiger partial charge on any atom is 0.137 e. The first-order valence-corrected chi connectivity index (χ1v) is 22.3. The van der Waals surface area contributed by atoms with E-state index >= 15 is 0 Å². The molecule has 0 atom stereocenters. The van der Waals surface area contributed by atoms with E-state index in [0.29, 0.717) is 0 Å². The van der Waals surface area contributed by atoms with Gasteiger partial charge in [0.2, 0.25) is 0 Å². The predicted octanol–water partition coefficient (Wildman–Crippen LogP) is 14.9.